The van der Waals surface area contributed by atoms with Gasteiger partial charge in [-0.15, -0.1) is 0 Å². The fourth-order valence-corrected chi connectivity index (χ4v) is 1.58. The Morgan fingerprint density at radius 1 is 1.06 bits per heavy atom. The van der Waals surface area contributed by atoms with Crippen molar-refractivity contribution in [1.82, 2.24) is 14.8 Å². The van der Waals surface area contributed by atoms with E-state index in [9.17, 15) is 14.4 Å². The zero-order chi connectivity index (χ0) is 13.3. The number of hydrogen-bond acceptors (Lipinski definition) is 4. The van der Waals surface area contributed by atoms with Gasteiger partial charge in [0.25, 0.3) is 11.8 Å². The summed E-state index contributed by atoms with van der Waals surface area (Å²) in [6.07, 6.45) is 2.94. The number of imide groups is 2. The molecule has 18 heavy (non-hydrogen) atoms. The minimum absolute atomic E-state index is 0.0710. The van der Waals surface area contributed by atoms with E-state index in [0.717, 1.165) is 9.80 Å². The molecule has 1 aromatic rings. The van der Waals surface area contributed by atoms with Gasteiger partial charge in [-0.2, -0.15) is 0 Å². The molecule has 1 aromatic heterocycles. The third-order valence-electron chi connectivity index (χ3n) is 2.62. The van der Waals surface area contributed by atoms with Crippen molar-refractivity contribution in [2.45, 2.75) is 0 Å². The molecule has 0 bridgehead atoms. The van der Waals surface area contributed by atoms with Crippen LogP contribution in [0.5, 0.6) is 0 Å². The molecule has 4 amide bonds. The molecule has 1 aliphatic rings. The second-order valence-corrected chi connectivity index (χ2v) is 3.82. The van der Waals surface area contributed by atoms with E-state index in [-0.39, 0.29) is 5.57 Å². The van der Waals surface area contributed by atoms with Crippen molar-refractivity contribution in [3.05, 3.63) is 35.7 Å². The third-order valence-corrected chi connectivity index (χ3v) is 2.62. The van der Waals surface area contributed by atoms with Crippen LogP contribution >= 0.6 is 0 Å². The molecule has 2 rings (SSSR count). The number of aromatic nitrogens is 1. The van der Waals surface area contributed by atoms with Crippen molar-refractivity contribution < 1.29 is 14.4 Å². The summed E-state index contributed by atoms with van der Waals surface area (Å²) in [6.45, 7) is 0. The van der Waals surface area contributed by atoms with Crippen LogP contribution in [0.3, 0.4) is 0 Å². The minimum Gasteiger partial charge on any atom is -0.268 e. The highest BCUT2D eigenvalue weighted by atomic mass is 16.2. The Morgan fingerprint density at radius 2 is 1.67 bits per heavy atom. The van der Waals surface area contributed by atoms with Crippen LogP contribution in [-0.2, 0) is 9.59 Å². The molecule has 6 nitrogen and oxygen atoms in total. The lowest BCUT2D eigenvalue weighted by atomic mass is 10.1. The molecule has 1 fully saturated rings. The number of likely N-dealkylation sites (N-methyl/N-ethyl adjacent to an activating group) is 2. The molecule has 0 N–H and O–H groups in total. The Morgan fingerprint density at radius 3 is 2.17 bits per heavy atom. The molecular formula is C12H11N3O3. The molecule has 0 radical (unpaired) electrons. The zero-order valence-corrected chi connectivity index (χ0v) is 9.95. The largest absolute Gasteiger partial charge is 0.333 e. The van der Waals surface area contributed by atoms with Gasteiger partial charge < -0.3 is 0 Å². The summed E-state index contributed by atoms with van der Waals surface area (Å²) in [4.78, 5) is 41.0. The fourth-order valence-electron chi connectivity index (χ4n) is 1.58. The van der Waals surface area contributed by atoms with E-state index in [2.05, 4.69) is 4.98 Å². The summed E-state index contributed by atoms with van der Waals surface area (Å²) in [5.41, 5.74) is 0.420. The number of urea groups is 1. The van der Waals surface area contributed by atoms with Crippen LogP contribution in [0.25, 0.3) is 6.08 Å². The highest BCUT2D eigenvalue weighted by molar-refractivity contribution is 6.30. The van der Waals surface area contributed by atoms with E-state index in [1.807, 2.05) is 0 Å². The van der Waals surface area contributed by atoms with Gasteiger partial charge in [0.05, 0.1) is 5.69 Å². The summed E-state index contributed by atoms with van der Waals surface area (Å²) in [6, 6.07) is 4.51. The highest BCUT2D eigenvalue weighted by Crippen LogP contribution is 2.16. The molecule has 0 saturated carbocycles. The van der Waals surface area contributed by atoms with Crippen LogP contribution in [0.15, 0.2) is 30.0 Å². The number of hydrogen-bond donors (Lipinski definition) is 0. The number of pyridine rings is 1. The predicted molar refractivity (Wildman–Crippen MR) is 63.2 cm³/mol. The zero-order valence-electron chi connectivity index (χ0n) is 9.95. The van der Waals surface area contributed by atoms with Gasteiger partial charge >= 0.3 is 6.03 Å². The fraction of sp³-hybridized carbons (Fsp3) is 0.167. The van der Waals surface area contributed by atoms with Crippen LogP contribution in [-0.4, -0.2) is 46.7 Å². The molecule has 0 atom stereocenters. The van der Waals surface area contributed by atoms with E-state index < -0.39 is 17.8 Å². The Labute approximate surface area is 104 Å². The van der Waals surface area contributed by atoms with Crippen molar-refractivity contribution in [3.8, 4) is 0 Å². The van der Waals surface area contributed by atoms with Gasteiger partial charge in [-0.1, -0.05) is 6.07 Å². The highest BCUT2D eigenvalue weighted by Gasteiger charge is 2.37. The third kappa shape index (κ3) is 1.88. The standard InChI is InChI=1S/C12H11N3O3/c1-14-10(16)9(11(17)15(2)12(14)18)7-8-5-3-4-6-13-8/h3-7H,1-2H3. The van der Waals surface area contributed by atoms with Crippen molar-refractivity contribution in [1.29, 1.82) is 0 Å². The van der Waals surface area contributed by atoms with Crippen LogP contribution in [0.1, 0.15) is 5.69 Å². The minimum atomic E-state index is -0.636. The first-order valence-corrected chi connectivity index (χ1v) is 5.25. The molecular weight excluding hydrogens is 234 g/mol. The molecule has 0 aliphatic carbocycles. The quantitative estimate of drug-likeness (QED) is 0.534. The maximum atomic E-state index is 11.9. The molecule has 0 spiro atoms. The number of nitrogens with zero attached hydrogens (tertiary/aromatic N) is 3. The lowest BCUT2D eigenvalue weighted by Gasteiger charge is -2.28. The van der Waals surface area contributed by atoms with E-state index in [4.69, 9.17) is 0 Å². The number of amides is 4. The molecule has 2 heterocycles. The summed E-state index contributed by atoms with van der Waals surface area (Å²) < 4.78 is 0. The van der Waals surface area contributed by atoms with Gasteiger partial charge in [-0.25, -0.2) is 4.79 Å². The average molecular weight is 245 g/mol. The normalized spacial score (nSPS) is 16.3. The summed E-state index contributed by atoms with van der Waals surface area (Å²) >= 11 is 0. The van der Waals surface area contributed by atoms with Crippen LogP contribution < -0.4 is 0 Å². The van der Waals surface area contributed by atoms with Crippen LogP contribution in [0, 0.1) is 0 Å². The van der Waals surface area contributed by atoms with Crippen molar-refractivity contribution >= 4 is 23.9 Å². The Kier molecular flexibility index (Phi) is 2.93. The summed E-state index contributed by atoms with van der Waals surface area (Å²) in [7, 11) is 2.67. The number of carbonyl (C=O) groups excluding carboxylic acids is 3. The SMILES string of the molecule is CN1C(=O)C(=Cc2ccccn2)C(=O)N(C)C1=O. The summed E-state index contributed by atoms with van der Waals surface area (Å²) in [5.74, 6) is -1.23. The topological polar surface area (TPSA) is 70.6 Å². The van der Waals surface area contributed by atoms with Crippen molar-refractivity contribution in [2.24, 2.45) is 0 Å². The lowest BCUT2D eigenvalue weighted by Crippen LogP contribution is -2.52. The van der Waals surface area contributed by atoms with Crippen molar-refractivity contribution in [2.75, 3.05) is 14.1 Å². The predicted octanol–water partition coefficient (Wildman–Crippen LogP) is 0.515. The van der Waals surface area contributed by atoms with Gasteiger partial charge in [0.15, 0.2) is 0 Å². The molecule has 6 heteroatoms. The molecule has 92 valence electrons. The van der Waals surface area contributed by atoms with Gasteiger partial charge in [0, 0.05) is 20.3 Å². The van der Waals surface area contributed by atoms with Gasteiger partial charge in [-0.3, -0.25) is 24.4 Å². The van der Waals surface area contributed by atoms with Gasteiger partial charge in [0.1, 0.15) is 5.57 Å². The number of barbiturate groups is 1. The molecule has 1 saturated heterocycles. The van der Waals surface area contributed by atoms with E-state index in [1.165, 1.54) is 20.2 Å². The molecule has 0 unspecified atom stereocenters. The molecule has 0 aromatic carbocycles. The van der Waals surface area contributed by atoms with E-state index in [0.29, 0.717) is 5.69 Å². The van der Waals surface area contributed by atoms with Crippen LogP contribution in [0.2, 0.25) is 0 Å². The monoisotopic (exact) mass is 245 g/mol. The number of carbonyl (C=O) groups is 3. The maximum absolute atomic E-state index is 11.9. The first-order valence-electron chi connectivity index (χ1n) is 5.25. The lowest BCUT2D eigenvalue weighted by molar-refractivity contribution is -0.134. The van der Waals surface area contributed by atoms with Crippen LogP contribution in [0.4, 0.5) is 4.79 Å². The summed E-state index contributed by atoms with van der Waals surface area (Å²) in [5, 5.41) is 0. The van der Waals surface area contributed by atoms with Crippen molar-refractivity contribution in [3.63, 3.8) is 0 Å². The first kappa shape index (κ1) is 12.0. The first-order chi connectivity index (χ1) is 8.52. The second kappa shape index (κ2) is 4.40. The van der Waals surface area contributed by atoms with E-state index in [1.54, 1.807) is 24.4 Å². The Balaban J connectivity index is 2.44. The maximum Gasteiger partial charge on any atom is 0.333 e. The Hall–Kier alpha value is -2.50. The number of rotatable bonds is 1. The second-order valence-electron chi connectivity index (χ2n) is 3.82. The molecule has 1 aliphatic heterocycles. The smallest absolute Gasteiger partial charge is 0.268 e. The van der Waals surface area contributed by atoms with Gasteiger partial charge in [-0.05, 0) is 18.2 Å². The van der Waals surface area contributed by atoms with E-state index >= 15 is 0 Å². The Bertz CT molecular complexity index is 525. The van der Waals surface area contributed by atoms with Gasteiger partial charge in [0.2, 0.25) is 0 Å². The average Bonchev–Trinajstić information content (AvgIpc) is 2.40.